The monoisotopic (exact) mass is 665 g/mol. The Morgan fingerprint density at radius 2 is 1.64 bits per heavy atom. The molecule has 0 aromatic rings. The van der Waals surface area contributed by atoms with Gasteiger partial charge in [0.15, 0.2) is 12.1 Å². The molecule has 0 aromatic heterocycles. The van der Waals surface area contributed by atoms with Crippen LogP contribution in [0, 0.1) is 5.92 Å². The fourth-order valence-electron chi connectivity index (χ4n) is 6.00. The van der Waals surface area contributed by atoms with Crippen LogP contribution in [0.5, 0.6) is 0 Å². The molecule has 47 heavy (non-hydrogen) atoms. The van der Waals surface area contributed by atoms with Crippen molar-refractivity contribution in [3.05, 3.63) is 60.8 Å². The van der Waals surface area contributed by atoms with Crippen LogP contribution in [-0.4, -0.2) is 122 Å². The van der Waals surface area contributed by atoms with Crippen LogP contribution in [0.15, 0.2) is 60.8 Å². The number of carbonyl (C=O) groups excluding carboxylic acids is 1. The number of aliphatic hydroxyl groups excluding tert-OH is 4. The molecule has 0 aliphatic carbocycles. The third kappa shape index (κ3) is 10.6. The summed E-state index contributed by atoms with van der Waals surface area (Å²) in [7, 11) is 0. The molecule has 2 bridgehead atoms. The molecule has 8 N–H and O–H groups in total. The van der Waals surface area contributed by atoms with Crippen LogP contribution in [0.4, 0.5) is 0 Å². The van der Waals surface area contributed by atoms with Gasteiger partial charge in [0, 0.05) is 38.2 Å². The molecule has 14 heteroatoms. The van der Waals surface area contributed by atoms with Crippen LogP contribution >= 0.6 is 0 Å². The average molecular weight is 666 g/mol. The van der Waals surface area contributed by atoms with Gasteiger partial charge in [-0.15, -0.1) is 0 Å². The fraction of sp³-hybridized carbons (Fsp3) is 0.636. The van der Waals surface area contributed by atoms with Gasteiger partial charge in [0.1, 0.15) is 24.2 Å². The number of fused-ring (bicyclic) bond motifs is 3. The van der Waals surface area contributed by atoms with E-state index in [0.717, 1.165) is 0 Å². The summed E-state index contributed by atoms with van der Waals surface area (Å²) in [6.07, 6.45) is 5.25. The topological polar surface area (TPSA) is 231 Å². The largest absolute Gasteiger partial charge is 0.481 e. The SMILES string of the molecule is C[C@@H]1C/C=C/C=C/C=C/C=C/[C@H](O[C@H]2O[C@@H](C)[C@H](O)[C@@H](N)[C@H]2O)C[C@@H]2O[C@](O)(C[C@@H](O)C[C@H]3O[C@@H]3/C=C/C(=O)O1)C[C@H](O)[C@H]2C(=O)O. The predicted molar refractivity (Wildman–Crippen MR) is 165 cm³/mol. The highest BCUT2D eigenvalue weighted by molar-refractivity contribution is 5.82. The van der Waals surface area contributed by atoms with Crippen LogP contribution in [0.1, 0.15) is 46.0 Å². The zero-order chi connectivity index (χ0) is 34.3. The maximum atomic E-state index is 12.3. The molecule has 3 saturated heterocycles. The zero-order valence-corrected chi connectivity index (χ0v) is 26.4. The van der Waals surface area contributed by atoms with Gasteiger partial charge in [-0.2, -0.15) is 0 Å². The predicted octanol–water partition coefficient (Wildman–Crippen LogP) is 0.120. The van der Waals surface area contributed by atoms with Crippen molar-refractivity contribution < 1.29 is 63.9 Å². The summed E-state index contributed by atoms with van der Waals surface area (Å²) < 4.78 is 28.5. The smallest absolute Gasteiger partial charge is 0.330 e. The number of nitrogens with two attached hydrogens (primary N) is 1. The van der Waals surface area contributed by atoms with Crippen LogP contribution in [-0.2, 0) is 33.3 Å². The highest BCUT2D eigenvalue weighted by atomic mass is 16.7. The Kier molecular flexibility index (Phi) is 13.1. The van der Waals surface area contributed by atoms with Crippen molar-refractivity contribution in [1.29, 1.82) is 0 Å². The minimum absolute atomic E-state index is 0.0789. The molecule has 4 rings (SSSR count). The van der Waals surface area contributed by atoms with E-state index in [2.05, 4.69) is 0 Å². The van der Waals surface area contributed by atoms with Crippen LogP contribution in [0.3, 0.4) is 0 Å². The van der Waals surface area contributed by atoms with Crippen molar-refractivity contribution in [3.63, 3.8) is 0 Å². The van der Waals surface area contributed by atoms with E-state index in [4.69, 9.17) is 29.4 Å². The highest BCUT2D eigenvalue weighted by Crippen LogP contribution is 2.39. The molecule has 14 nitrogen and oxygen atoms in total. The first kappa shape index (κ1) is 37.1. The first-order valence-corrected chi connectivity index (χ1v) is 15.9. The number of carbonyl (C=O) groups is 2. The minimum Gasteiger partial charge on any atom is -0.481 e. The highest BCUT2D eigenvalue weighted by Gasteiger charge is 2.51. The molecular weight excluding hydrogens is 618 g/mol. The molecule has 4 aliphatic heterocycles. The fourth-order valence-corrected chi connectivity index (χ4v) is 6.00. The Hall–Kier alpha value is -2.76. The molecule has 14 atom stereocenters. The number of carboxylic acid groups (broad SMARTS) is 1. The number of aliphatic carboxylic acids is 1. The summed E-state index contributed by atoms with van der Waals surface area (Å²) in [6.45, 7) is 3.34. The number of allylic oxidation sites excluding steroid dienone is 6. The quantitative estimate of drug-likeness (QED) is 0.157. The second kappa shape index (κ2) is 16.6. The third-order valence-electron chi connectivity index (χ3n) is 8.58. The lowest BCUT2D eigenvalue weighted by molar-refractivity contribution is -0.308. The van der Waals surface area contributed by atoms with E-state index >= 15 is 0 Å². The molecule has 4 heterocycles. The van der Waals surface area contributed by atoms with E-state index < -0.39 is 97.3 Å². The van der Waals surface area contributed by atoms with Crippen molar-refractivity contribution in [2.45, 2.75) is 125 Å². The number of ether oxygens (including phenoxy) is 5. The number of esters is 1. The molecule has 4 aliphatic rings. The second-order valence-electron chi connectivity index (χ2n) is 12.6. The number of carboxylic acids is 1. The summed E-state index contributed by atoms with van der Waals surface area (Å²) in [4.78, 5) is 24.4. The number of hydrogen-bond acceptors (Lipinski definition) is 13. The van der Waals surface area contributed by atoms with Crippen LogP contribution in [0.2, 0.25) is 0 Å². The molecule has 0 aromatic carbocycles. The summed E-state index contributed by atoms with van der Waals surface area (Å²) in [5.74, 6) is -5.45. The van der Waals surface area contributed by atoms with Gasteiger partial charge in [0.05, 0.1) is 48.8 Å². The molecule has 0 saturated carbocycles. The maximum absolute atomic E-state index is 12.3. The number of aliphatic hydroxyl groups is 5. The molecule has 0 spiro atoms. The summed E-state index contributed by atoms with van der Waals surface area (Å²) >= 11 is 0. The number of rotatable bonds is 3. The maximum Gasteiger partial charge on any atom is 0.330 e. The van der Waals surface area contributed by atoms with E-state index in [1.165, 1.54) is 12.2 Å². The molecular formula is C33H47NO13. The van der Waals surface area contributed by atoms with Gasteiger partial charge >= 0.3 is 11.9 Å². The van der Waals surface area contributed by atoms with Crippen molar-refractivity contribution in [3.8, 4) is 0 Å². The summed E-state index contributed by atoms with van der Waals surface area (Å²) in [5, 5.41) is 63.9. The number of hydrogen-bond donors (Lipinski definition) is 7. The number of cyclic esters (lactones) is 1. The van der Waals surface area contributed by atoms with E-state index in [0.29, 0.717) is 6.42 Å². The summed E-state index contributed by atoms with van der Waals surface area (Å²) in [5.41, 5.74) is 5.98. The molecule has 3 fully saturated rings. The number of epoxide rings is 1. The van der Waals surface area contributed by atoms with Crippen molar-refractivity contribution in [2.24, 2.45) is 11.7 Å². The van der Waals surface area contributed by atoms with Gasteiger partial charge in [-0.25, -0.2) is 4.79 Å². The average Bonchev–Trinajstić information content (AvgIpc) is 3.72. The summed E-state index contributed by atoms with van der Waals surface area (Å²) in [6, 6.07) is -1.08. The lowest BCUT2D eigenvalue weighted by Gasteiger charge is -2.45. The van der Waals surface area contributed by atoms with Crippen molar-refractivity contribution >= 4 is 11.9 Å². The third-order valence-corrected chi connectivity index (χ3v) is 8.58. The molecule has 0 amide bonds. The Morgan fingerprint density at radius 1 is 0.936 bits per heavy atom. The minimum atomic E-state index is -2.10. The van der Waals surface area contributed by atoms with E-state index in [-0.39, 0.29) is 25.4 Å². The van der Waals surface area contributed by atoms with Gasteiger partial charge in [0.2, 0.25) is 0 Å². The van der Waals surface area contributed by atoms with E-state index in [1.807, 2.05) is 6.08 Å². The lowest BCUT2D eigenvalue weighted by Crippen LogP contribution is -2.61. The van der Waals surface area contributed by atoms with Crippen LogP contribution < -0.4 is 5.73 Å². The Balaban J connectivity index is 1.58. The van der Waals surface area contributed by atoms with Crippen LogP contribution in [0.25, 0.3) is 0 Å². The molecule has 0 radical (unpaired) electrons. The molecule has 0 unspecified atom stereocenters. The zero-order valence-electron chi connectivity index (χ0n) is 26.4. The van der Waals surface area contributed by atoms with Gasteiger partial charge < -0.3 is 60.1 Å². The Morgan fingerprint density at radius 3 is 2.36 bits per heavy atom. The van der Waals surface area contributed by atoms with Gasteiger partial charge in [-0.3, -0.25) is 4.79 Å². The Bertz CT molecular complexity index is 1220. The van der Waals surface area contributed by atoms with E-state index in [9.17, 15) is 40.2 Å². The van der Waals surface area contributed by atoms with Crippen molar-refractivity contribution in [2.75, 3.05) is 0 Å². The van der Waals surface area contributed by atoms with E-state index in [1.54, 1.807) is 56.4 Å². The normalized spacial score (nSPS) is 47.2. The standard InChI is InChI=1S/C33H47NO13/c1-18-10-8-6-4-3-5-7-9-11-21(45-32-30(39)28(34)29(38)19(2)44-32)15-25-27(31(40)41)22(36)17-33(42,47-25)16-20(35)14-24-23(46-24)12-13-26(37)43-18/h3-9,11-13,18-25,27-30,32,35-36,38-39,42H,10,14-17,34H2,1-2H3,(H,40,41)/b4-3+,7-5+,8-6+,11-9+,13-12+/t18-,19+,20+,21+,22+,23-,24-,25+,27-,28-,29+,30-,32-,33-/m1/s1. The lowest BCUT2D eigenvalue weighted by atomic mass is 9.83. The van der Waals surface area contributed by atoms with Gasteiger partial charge in [-0.1, -0.05) is 48.6 Å². The first-order chi connectivity index (χ1) is 22.3. The second-order valence-corrected chi connectivity index (χ2v) is 12.6. The first-order valence-electron chi connectivity index (χ1n) is 15.9. The Labute approximate surface area is 273 Å². The van der Waals surface area contributed by atoms with Gasteiger partial charge in [-0.05, 0) is 19.9 Å². The van der Waals surface area contributed by atoms with Crippen molar-refractivity contribution in [1.82, 2.24) is 0 Å². The molecule has 262 valence electrons. The van der Waals surface area contributed by atoms with Gasteiger partial charge in [0.25, 0.3) is 0 Å².